The normalized spacial score (nSPS) is 16.3. The summed E-state index contributed by atoms with van der Waals surface area (Å²) in [6, 6.07) is 16.8. The number of hydrogen-bond acceptors (Lipinski definition) is 3. The molecule has 1 aliphatic carbocycles. The van der Waals surface area contributed by atoms with E-state index in [0.717, 1.165) is 19.3 Å². The molecule has 1 N–H and O–H groups in total. The summed E-state index contributed by atoms with van der Waals surface area (Å²) in [7, 11) is 0. The van der Waals surface area contributed by atoms with Crippen LogP contribution in [0.1, 0.15) is 40.4 Å². The number of nitrogens with one attached hydrogen (secondary N) is 1. The van der Waals surface area contributed by atoms with Crippen LogP contribution in [0.2, 0.25) is 0 Å². The van der Waals surface area contributed by atoms with Crippen molar-refractivity contribution in [1.29, 1.82) is 0 Å². The van der Waals surface area contributed by atoms with Crippen molar-refractivity contribution in [2.75, 3.05) is 6.61 Å². The highest BCUT2D eigenvalue weighted by Gasteiger charge is 2.21. The third-order valence-electron chi connectivity index (χ3n) is 4.05. The van der Waals surface area contributed by atoms with Gasteiger partial charge in [0, 0.05) is 0 Å². The zero-order chi connectivity index (χ0) is 16.1. The van der Waals surface area contributed by atoms with Crippen molar-refractivity contribution < 1.29 is 14.3 Å². The fraction of sp³-hybridized carbons (Fsp3) is 0.263. The first-order valence-electron chi connectivity index (χ1n) is 7.83. The van der Waals surface area contributed by atoms with Crippen molar-refractivity contribution in [2.45, 2.75) is 25.3 Å². The molecule has 2 aromatic rings. The van der Waals surface area contributed by atoms with E-state index in [4.69, 9.17) is 4.74 Å². The minimum atomic E-state index is -0.482. The van der Waals surface area contributed by atoms with E-state index in [1.165, 1.54) is 11.1 Å². The Morgan fingerprint density at radius 2 is 1.78 bits per heavy atom. The molecule has 0 bridgehead atoms. The highest BCUT2D eigenvalue weighted by atomic mass is 16.5. The molecule has 0 radical (unpaired) electrons. The molecule has 2 aromatic carbocycles. The van der Waals surface area contributed by atoms with Gasteiger partial charge in [-0.25, -0.2) is 4.79 Å². The number of fused-ring (bicyclic) bond motifs is 1. The Balaban J connectivity index is 1.55. The molecule has 0 aromatic heterocycles. The third kappa shape index (κ3) is 3.77. The molecule has 0 fully saturated rings. The standard InChI is InChI=1S/C19H19NO3/c21-18(13-23-19(22)15-8-2-1-3-9-15)20-17-12-6-10-14-7-4-5-11-16(14)17/h1-5,7-9,11,17H,6,10,12-13H2,(H,20,21). The van der Waals surface area contributed by atoms with E-state index in [9.17, 15) is 9.59 Å². The Hall–Kier alpha value is -2.62. The van der Waals surface area contributed by atoms with Gasteiger partial charge in [0.1, 0.15) is 0 Å². The zero-order valence-corrected chi connectivity index (χ0v) is 12.8. The Morgan fingerprint density at radius 1 is 1.04 bits per heavy atom. The molecule has 1 aliphatic rings. The number of carbonyl (C=O) groups excluding carboxylic acids is 2. The van der Waals surface area contributed by atoms with Gasteiger partial charge in [0.2, 0.25) is 0 Å². The molecule has 4 nitrogen and oxygen atoms in total. The molecule has 1 atom stereocenters. The molecular formula is C19H19NO3. The van der Waals surface area contributed by atoms with E-state index in [0.29, 0.717) is 5.56 Å². The third-order valence-corrected chi connectivity index (χ3v) is 4.05. The van der Waals surface area contributed by atoms with Crippen molar-refractivity contribution in [2.24, 2.45) is 0 Å². The van der Waals surface area contributed by atoms with Gasteiger partial charge in [-0.3, -0.25) is 4.79 Å². The van der Waals surface area contributed by atoms with Crippen LogP contribution < -0.4 is 5.32 Å². The lowest BCUT2D eigenvalue weighted by atomic mass is 9.88. The first-order valence-corrected chi connectivity index (χ1v) is 7.83. The van der Waals surface area contributed by atoms with Gasteiger partial charge in [-0.1, -0.05) is 42.5 Å². The summed E-state index contributed by atoms with van der Waals surface area (Å²) in [5.74, 6) is -0.749. The van der Waals surface area contributed by atoms with Crippen LogP contribution in [0.15, 0.2) is 54.6 Å². The lowest BCUT2D eigenvalue weighted by molar-refractivity contribution is -0.125. The number of esters is 1. The predicted molar refractivity (Wildman–Crippen MR) is 87.0 cm³/mol. The van der Waals surface area contributed by atoms with Crippen molar-refractivity contribution >= 4 is 11.9 Å². The van der Waals surface area contributed by atoms with Gasteiger partial charge < -0.3 is 10.1 Å². The Morgan fingerprint density at radius 3 is 2.61 bits per heavy atom. The molecular weight excluding hydrogens is 290 g/mol. The quantitative estimate of drug-likeness (QED) is 0.883. The van der Waals surface area contributed by atoms with E-state index in [-0.39, 0.29) is 18.6 Å². The minimum Gasteiger partial charge on any atom is -0.452 e. The average molecular weight is 309 g/mol. The first-order chi connectivity index (χ1) is 11.2. The molecule has 0 saturated carbocycles. The van der Waals surface area contributed by atoms with Crippen LogP contribution in [-0.4, -0.2) is 18.5 Å². The van der Waals surface area contributed by atoms with Crippen LogP contribution in [-0.2, 0) is 16.0 Å². The van der Waals surface area contributed by atoms with Crippen LogP contribution >= 0.6 is 0 Å². The van der Waals surface area contributed by atoms with Gasteiger partial charge in [-0.2, -0.15) is 0 Å². The molecule has 118 valence electrons. The number of rotatable bonds is 4. The Bertz CT molecular complexity index is 697. The summed E-state index contributed by atoms with van der Waals surface area (Å²) in [6.45, 7) is -0.258. The summed E-state index contributed by atoms with van der Waals surface area (Å²) in [5, 5.41) is 2.97. The second kappa shape index (κ2) is 7.09. The fourth-order valence-electron chi connectivity index (χ4n) is 2.93. The highest BCUT2D eigenvalue weighted by Crippen LogP contribution is 2.29. The Labute approximate surface area is 135 Å². The lowest BCUT2D eigenvalue weighted by Crippen LogP contribution is -2.34. The average Bonchev–Trinajstić information content (AvgIpc) is 2.61. The number of amides is 1. The molecule has 0 aliphatic heterocycles. The van der Waals surface area contributed by atoms with Crippen molar-refractivity contribution in [3.63, 3.8) is 0 Å². The van der Waals surface area contributed by atoms with Crippen molar-refractivity contribution in [1.82, 2.24) is 5.32 Å². The molecule has 4 heteroatoms. The lowest BCUT2D eigenvalue weighted by Gasteiger charge is -2.26. The SMILES string of the molecule is O=C(COC(=O)c1ccccc1)NC1CCCc2ccccc21. The van der Waals surface area contributed by atoms with Gasteiger partial charge >= 0.3 is 5.97 Å². The van der Waals surface area contributed by atoms with E-state index in [1.54, 1.807) is 24.3 Å². The minimum absolute atomic E-state index is 0.00266. The van der Waals surface area contributed by atoms with Crippen LogP contribution in [0.25, 0.3) is 0 Å². The molecule has 0 heterocycles. The summed E-state index contributed by atoms with van der Waals surface area (Å²) in [6.07, 6.45) is 3.01. The largest absolute Gasteiger partial charge is 0.452 e. The summed E-state index contributed by atoms with van der Waals surface area (Å²) < 4.78 is 5.07. The van der Waals surface area contributed by atoms with E-state index in [1.807, 2.05) is 18.2 Å². The van der Waals surface area contributed by atoms with Crippen LogP contribution in [0, 0.1) is 0 Å². The second-order valence-corrected chi connectivity index (χ2v) is 5.65. The number of ether oxygens (including phenoxy) is 1. The van der Waals surface area contributed by atoms with Gasteiger partial charge in [0.25, 0.3) is 5.91 Å². The molecule has 3 rings (SSSR count). The summed E-state index contributed by atoms with van der Waals surface area (Å²) in [5.41, 5.74) is 2.90. The predicted octanol–water partition coefficient (Wildman–Crippen LogP) is 3.04. The first kappa shape index (κ1) is 15.3. The van der Waals surface area contributed by atoms with Crippen LogP contribution in [0.3, 0.4) is 0 Å². The highest BCUT2D eigenvalue weighted by molar-refractivity contribution is 5.91. The topological polar surface area (TPSA) is 55.4 Å². The van der Waals surface area contributed by atoms with Gasteiger partial charge in [-0.05, 0) is 42.5 Å². The van der Waals surface area contributed by atoms with Crippen LogP contribution in [0.5, 0.6) is 0 Å². The smallest absolute Gasteiger partial charge is 0.338 e. The number of aryl methyl sites for hydroxylation is 1. The summed E-state index contributed by atoms with van der Waals surface area (Å²) in [4.78, 5) is 23.9. The van der Waals surface area contributed by atoms with Gasteiger partial charge in [-0.15, -0.1) is 0 Å². The van der Waals surface area contributed by atoms with Crippen molar-refractivity contribution in [3.8, 4) is 0 Å². The molecule has 23 heavy (non-hydrogen) atoms. The monoisotopic (exact) mass is 309 g/mol. The molecule has 0 saturated heterocycles. The van der Waals surface area contributed by atoms with Crippen LogP contribution in [0.4, 0.5) is 0 Å². The molecule has 1 unspecified atom stereocenters. The summed E-state index contributed by atoms with van der Waals surface area (Å²) >= 11 is 0. The number of carbonyl (C=O) groups is 2. The number of benzene rings is 2. The maximum Gasteiger partial charge on any atom is 0.338 e. The van der Waals surface area contributed by atoms with Crippen molar-refractivity contribution in [3.05, 3.63) is 71.3 Å². The zero-order valence-electron chi connectivity index (χ0n) is 12.8. The Kier molecular flexibility index (Phi) is 4.71. The molecule has 1 amide bonds. The van der Waals surface area contributed by atoms with Gasteiger partial charge in [0.05, 0.1) is 11.6 Å². The van der Waals surface area contributed by atoms with E-state index < -0.39 is 5.97 Å². The fourth-order valence-corrected chi connectivity index (χ4v) is 2.93. The van der Waals surface area contributed by atoms with E-state index in [2.05, 4.69) is 17.4 Å². The maximum atomic E-state index is 12.1. The maximum absolute atomic E-state index is 12.1. The number of hydrogen-bond donors (Lipinski definition) is 1. The molecule has 0 spiro atoms. The van der Waals surface area contributed by atoms with Gasteiger partial charge in [0.15, 0.2) is 6.61 Å². The second-order valence-electron chi connectivity index (χ2n) is 5.65. The van der Waals surface area contributed by atoms with E-state index >= 15 is 0 Å².